The number of benzene rings is 3. The highest BCUT2D eigenvalue weighted by Crippen LogP contribution is 2.35. The molecule has 5 rings (SSSR count). The highest BCUT2D eigenvalue weighted by atomic mass is 16.2. The first-order valence-corrected chi connectivity index (χ1v) is 12.0. The van der Waals surface area contributed by atoms with E-state index in [1.54, 1.807) is 0 Å². The van der Waals surface area contributed by atoms with Crippen molar-refractivity contribution >= 4 is 28.9 Å². The third kappa shape index (κ3) is 4.97. The van der Waals surface area contributed by atoms with E-state index in [1.807, 2.05) is 72.8 Å². The summed E-state index contributed by atoms with van der Waals surface area (Å²) in [5, 5.41) is 6.39. The SMILES string of the molecule is O=C(Nc1cccc(CC2NNC(=O)C3CCCCC23)c1)c1ccccc1Nc1ccccc1. The fourth-order valence-corrected chi connectivity index (χ4v) is 5.23. The van der Waals surface area contributed by atoms with Gasteiger partial charge >= 0.3 is 0 Å². The zero-order valence-electron chi connectivity index (χ0n) is 19.1. The summed E-state index contributed by atoms with van der Waals surface area (Å²) in [4.78, 5) is 25.4. The molecule has 3 aromatic rings. The van der Waals surface area contributed by atoms with E-state index in [4.69, 9.17) is 0 Å². The van der Waals surface area contributed by atoms with Crippen molar-refractivity contribution in [3.63, 3.8) is 0 Å². The van der Waals surface area contributed by atoms with Crippen LogP contribution in [-0.2, 0) is 11.2 Å². The van der Waals surface area contributed by atoms with Crippen LogP contribution in [0.25, 0.3) is 0 Å². The number of rotatable bonds is 6. The molecule has 2 aliphatic rings. The molecule has 0 spiro atoms. The van der Waals surface area contributed by atoms with Gasteiger partial charge in [0.05, 0.1) is 11.3 Å². The summed E-state index contributed by atoms with van der Waals surface area (Å²) in [6.45, 7) is 0. The summed E-state index contributed by atoms with van der Waals surface area (Å²) < 4.78 is 0. The van der Waals surface area contributed by atoms with Crippen LogP contribution in [-0.4, -0.2) is 17.9 Å². The first kappa shape index (κ1) is 22.2. The summed E-state index contributed by atoms with van der Waals surface area (Å²) in [6, 6.07) is 25.5. The predicted octanol–water partition coefficient (Wildman–Crippen LogP) is 5.03. The van der Waals surface area contributed by atoms with Crippen molar-refractivity contribution in [1.29, 1.82) is 0 Å². The minimum atomic E-state index is -0.161. The highest BCUT2D eigenvalue weighted by molar-refractivity contribution is 6.08. The molecule has 174 valence electrons. The number of hydrogen-bond acceptors (Lipinski definition) is 4. The van der Waals surface area contributed by atoms with Crippen molar-refractivity contribution in [3.05, 3.63) is 90.0 Å². The Morgan fingerprint density at radius 2 is 1.65 bits per heavy atom. The summed E-state index contributed by atoms with van der Waals surface area (Å²) in [5.74, 6) is 0.435. The van der Waals surface area contributed by atoms with E-state index in [1.165, 1.54) is 6.42 Å². The van der Waals surface area contributed by atoms with E-state index in [0.29, 0.717) is 11.5 Å². The Kier molecular flexibility index (Phi) is 6.58. The molecule has 1 heterocycles. The second-order valence-corrected chi connectivity index (χ2v) is 9.19. The number of fused-ring (bicyclic) bond motifs is 1. The number of para-hydroxylation sites is 2. The average Bonchev–Trinajstić information content (AvgIpc) is 2.87. The molecule has 4 N–H and O–H groups in total. The predicted molar refractivity (Wildman–Crippen MR) is 135 cm³/mol. The first-order valence-electron chi connectivity index (χ1n) is 12.0. The van der Waals surface area contributed by atoms with Crippen molar-refractivity contribution in [2.75, 3.05) is 10.6 Å². The molecule has 2 amide bonds. The van der Waals surface area contributed by atoms with Crippen LogP contribution in [0.3, 0.4) is 0 Å². The Morgan fingerprint density at radius 1 is 0.882 bits per heavy atom. The summed E-state index contributed by atoms with van der Waals surface area (Å²) in [7, 11) is 0. The minimum Gasteiger partial charge on any atom is -0.355 e. The van der Waals surface area contributed by atoms with Crippen molar-refractivity contribution in [2.45, 2.75) is 38.1 Å². The van der Waals surface area contributed by atoms with Gasteiger partial charge in [-0.15, -0.1) is 0 Å². The van der Waals surface area contributed by atoms with E-state index in [2.05, 4.69) is 27.6 Å². The average molecular weight is 455 g/mol. The first-order chi connectivity index (χ1) is 16.7. The van der Waals surface area contributed by atoms with Gasteiger partial charge in [0.1, 0.15) is 0 Å². The quantitative estimate of drug-likeness (QED) is 0.421. The van der Waals surface area contributed by atoms with Gasteiger partial charge in [0.25, 0.3) is 5.91 Å². The summed E-state index contributed by atoms with van der Waals surface area (Å²) >= 11 is 0. The lowest BCUT2D eigenvalue weighted by atomic mass is 9.72. The number of carbonyl (C=O) groups is 2. The molecule has 3 aromatic carbocycles. The van der Waals surface area contributed by atoms with Gasteiger partial charge in [0.2, 0.25) is 5.91 Å². The van der Waals surface area contributed by atoms with Crippen molar-refractivity contribution in [2.24, 2.45) is 11.8 Å². The van der Waals surface area contributed by atoms with Crippen molar-refractivity contribution in [3.8, 4) is 0 Å². The normalized spacial score (nSPS) is 21.8. The fraction of sp³-hybridized carbons (Fsp3) is 0.286. The molecule has 1 saturated heterocycles. The minimum absolute atomic E-state index is 0.108. The van der Waals surface area contributed by atoms with Crippen LogP contribution in [0.1, 0.15) is 41.6 Å². The van der Waals surface area contributed by atoms with Crippen molar-refractivity contribution in [1.82, 2.24) is 10.9 Å². The standard InChI is InChI=1S/C28H30N4O2/c33-27(24-15-6-7-16-25(24)29-20-10-2-1-3-11-20)30-21-12-8-9-19(17-21)18-26-22-13-4-5-14-23(22)28(34)32-31-26/h1-3,6-12,15-17,22-23,26,29,31H,4-5,13-14,18H2,(H,30,33)(H,32,34). The summed E-state index contributed by atoms with van der Waals surface area (Å²) in [6.07, 6.45) is 5.17. The molecule has 1 saturated carbocycles. The van der Waals surface area contributed by atoms with E-state index in [9.17, 15) is 9.59 Å². The van der Waals surface area contributed by atoms with Crippen LogP contribution in [0.5, 0.6) is 0 Å². The molecule has 0 aromatic heterocycles. The maximum Gasteiger partial charge on any atom is 0.257 e. The number of hydrogen-bond donors (Lipinski definition) is 4. The molecule has 1 aliphatic heterocycles. The van der Waals surface area contributed by atoms with Crippen LogP contribution >= 0.6 is 0 Å². The zero-order valence-corrected chi connectivity index (χ0v) is 19.1. The smallest absolute Gasteiger partial charge is 0.257 e. The molecule has 6 heteroatoms. The van der Waals surface area contributed by atoms with Crippen LogP contribution in [0.4, 0.5) is 17.1 Å². The van der Waals surface area contributed by atoms with E-state index >= 15 is 0 Å². The van der Waals surface area contributed by atoms with Gasteiger partial charge in [-0.1, -0.05) is 55.3 Å². The Hall–Kier alpha value is -3.64. The van der Waals surface area contributed by atoms with Crippen LogP contribution in [0.15, 0.2) is 78.9 Å². The van der Waals surface area contributed by atoms with E-state index in [-0.39, 0.29) is 23.8 Å². The number of nitrogens with one attached hydrogen (secondary N) is 4. The number of anilines is 3. The molecule has 6 nitrogen and oxygen atoms in total. The van der Waals surface area contributed by atoms with Crippen LogP contribution in [0, 0.1) is 11.8 Å². The molecule has 3 unspecified atom stereocenters. The van der Waals surface area contributed by atoms with Crippen LogP contribution in [0.2, 0.25) is 0 Å². The Balaban J connectivity index is 1.28. The lowest BCUT2D eigenvalue weighted by Crippen LogP contribution is -2.60. The van der Waals surface area contributed by atoms with E-state index in [0.717, 1.165) is 48.3 Å². The number of hydrazine groups is 1. The molecular weight excluding hydrogens is 424 g/mol. The van der Waals surface area contributed by atoms with Gasteiger partial charge in [0.15, 0.2) is 0 Å². The largest absolute Gasteiger partial charge is 0.355 e. The lowest BCUT2D eigenvalue weighted by Gasteiger charge is -2.41. The lowest BCUT2D eigenvalue weighted by molar-refractivity contribution is -0.133. The monoisotopic (exact) mass is 454 g/mol. The van der Waals surface area contributed by atoms with Gasteiger partial charge in [-0.2, -0.15) is 0 Å². The van der Waals surface area contributed by atoms with Gasteiger partial charge in [-0.3, -0.25) is 15.0 Å². The van der Waals surface area contributed by atoms with Gasteiger partial charge < -0.3 is 10.6 Å². The summed E-state index contributed by atoms with van der Waals surface area (Å²) in [5.41, 5.74) is 10.3. The molecule has 2 fully saturated rings. The Bertz CT molecular complexity index is 1160. The molecule has 1 aliphatic carbocycles. The highest BCUT2D eigenvalue weighted by Gasteiger charge is 2.39. The second kappa shape index (κ2) is 10.1. The topological polar surface area (TPSA) is 82.3 Å². The van der Waals surface area contributed by atoms with E-state index < -0.39 is 0 Å². The Morgan fingerprint density at radius 3 is 2.53 bits per heavy atom. The van der Waals surface area contributed by atoms with Crippen molar-refractivity contribution < 1.29 is 9.59 Å². The maximum absolute atomic E-state index is 13.1. The zero-order chi connectivity index (χ0) is 23.3. The van der Waals surface area contributed by atoms with Gasteiger partial charge in [0, 0.05) is 23.3 Å². The molecular formula is C28H30N4O2. The van der Waals surface area contributed by atoms with Crippen LogP contribution < -0.4 is 21.5 Å². The third-order valence-electron chi connectivity index (χ3n) is 6.92. The molecule has 0 bridgehead atoms. The van der Waals surface area contributed by atoms with Gasteiger partial charge in [-0.05, 0) is 67.1 Å². The fourth-order valence-electron chi connectivity index (χ4n) is 5.23. The molecule has 3 atom stereocenters. The second-order valence-electron chi connectivity index (χ2n) is 9.19. The number of amides is 2. The molecule has 0 radical (unpaired) electrons. The third-order valence-corrected chi connectivity index (χ3v) is 6.92. The Labute approximate surface area is 200 Å². The van der Waals surface area contributed by atoms with Gasteiger partial charge in [-0.25, -0.2) is 5.43 Å². The molecule has 34 heavy (non-hydrogen) atoms. The number of carbonyl (C=O) groups excluding carboxylic acids is 2. The maximum atomic E-state index is 13.1.